The minimum absolute atomic E-state index is 0.0173. The van der Waals surface area contributed by atoms with Crippen LogP contribution in [-0.2, 0) is 0 Å². The summed E-state index contributed by atoms with van der Waals surface area (Å²) < 4.78 is 16.5. The van der Waals surface area contributed by atoms with Gasteiger partial charge in [-0.15, -0.1) is 0 Å². The Labute approximate surface area is 314 Å². The number of rotatable bonds is 1. The highest BCUT2D eigenvalue weighted by Gasteiger charge is 2.58. The van der Waals surface area contributed by atoms with Crippen molar-refractivity contribution >= 4 is 96.8 Å². The first-order valence-corrected chi connectivity index (χ1v) is 20.8. The molecule has 54 heavy (non-hydrogen) atoms. The van der Waals surface area contributed by atoms with Crippen molar-refractivity contribution in [1.82, 2.24) is 4.57 Å². The van der Waals surface area contributed by atoms with Gasteiger partial charge < -0.3 is 14.0 Å². The standard InChI is InChI=1S/C48H29B2NO2Si/c1-7-20-36-30(14-1)31-15-2-8-21-37(31)51(36)38-28-29-45-47-48(38)53-40-23-10-4-17-33(40)50(47)35-19-6-12-26-43(35)54(45)42-25-11-5-18-34(42)49-32-16-3-9-22-39(32)52-41-24-13-27-44(54)46(41)49/h1-29H. The first-order chi connectivity index (χ1) is 26.8. The minimum Gasteiger partial charge on any atom is -0.458 e. The Morgan fingerprint density at radius 1 is 0.370 bits per heavy atom. The maximum absolute atomic E-state index is 7.30. The van der Waals surface area contributed by atoms with E-state index in [0.29, 0.717) is 0 Å². The van der Waals surface area contributed by atoms with Crippen LogP contribution in [0.4, 0.5) is 0 Å². The van der Waals surface area contributed by atoms with Gasteiger partial charge in [-0.2, -0.15) is 0 Å². The maximum atomic E-state index is 7.30. The van der Waals surface area contributed by atoms with E-state index in [1.165, 1.54) is 75.3 Å². The third kappa shape index (κ3) is 3.41. The van der Waals surface area contributed by atoms with Gasteiger partial charge in [-0.3, -0.25) is 0 Å². The molecule has 248 valence electrons. The largest absolute Gasteiger partial charge is 0.458 e. The molecule has 9 aromatic rings. The van der Waals surface area contributed by atoms with E-state index in [-0.39, 0.29) is 13.4 Å². The molecule has 5 heterocycles. The maximum Gasteiger partial charge on any atom is 0.250 e. The van der Waals surface area contributed by atoms with Crippen LogP contribution in [0, 0.1) is 0 Å². The summed E-state index contributed by atoms with van der Waals surface area (Å²) in [5.74, 6) is 3.79. The fraction of sp³-hybridized carbons (Fsp3) is 0. The summed E-state index contributed by atoms with van der Waals surface area (Å²) in [6.07, 6.45) is 0. The summed E-state index contributed by atoms with van der Waals surface area (Å²) in [6.45, 7) is 0.105. The molecule has 0 bridgehead atoms. The molecule has 4 aliphatic heterocycles. The Morgan fingerprint density at radius 3 is 1.52 bits per heavy atom. The Morgan fingerprint density at radius 2 is 0.852 bits per heavy atom. The highest BCUT2D eigenvalue weighted by molar-refractivity contribution is 7.31. The van der Waals surface area contributed by atoms with E-state index in [1.807, 2.05) is 0 Å². The molecule has 4 aliphatic rings. The molecule has 0 amide bonds. The van der Waals surface area contributed by atoms with E-state index in [2.05, 4.69) is 180 Å². The minimum atomic E-state index is -2.99. The number of hydrogen-bond acceptors (Lipinski definition) is 2. The van der Waals surface area contributed by atoms with Gasteiger partial charge in [0, 0.05) is 10.8 Å². The fourth-order valence-corrected chi connectivity index (χ4v) is 16.6. The van der Waals surface area contributed by atoms with E-state index in [0.717, 1.165) is 28.7 Å². The SMILES string of the molecule is c1ccc2c(c1)Oc1cccc3c1B2c1ccccc1[Si]31c2ccccc2B2c3ccccc3Oc3c(-n4c5ccccc5c5ccccc54)ccc1c32. The van der Waals surface area contributed by atoms with Gasteiger partial charge in [-0.05, 0) is 79.0 Å². The van der Waals surface area contributed by atoms with Crippen molar-refractivity contribution in [3.05, 3.63) is 176 Å². The second-order valence-corrected chi connectivity index (χ2v) is 18.7. The van der Waals surface area contributed by atoms with Gasteiger partial charge in [-0.25, -0.2) is 0 Å². The molecule has 1 unspecified atom stereocenters. The first-order valence-electron chi connectivity index (χ1n) is 18.8. The van der Waals surface area contributed by atoms with Crippen LogP contribution in [0.3, 0.4) is 0 Å². The van der Waals surface area contributed by atoms with Gasteiger partial charge in [0.15, 0.2) is 8.07 Å². The molecular formula is C48H29B2NO2Si. The molecule has 1 aromatic heterocycles. The number of aromatic nitrogens is 1. The zero-order chi connectivity index (χ0) is 35.1. The molecule has 0 saturated heterocycles. The van der Waals surface area contributed by atoms with Gasteiger partial charge in [-0.1, -0.05) is 150 Å². The molecule has 6 heteroatoms. The van der Waals surface area contributed by atoms with Crippen LogP contribution >= 0.6 is 0 Å². The van der Waals surface area contributed by atoms with Gasteiger partial charge in [0.1, 0.15) is 23.0 Å². The van der Waals surface area contributed by atoms with Crippen molar-refractivity contribution in [2.24, 2.45) is 0 Å². The van der Waals surface area contributed by atoms with Crippen LogP contribution in [0.2, 0.25) is 0 Å². The summed E-state index contributed by atoms with van der Waals surface area (Å²) in [6, 6.07) is 65.1. The average Bonchev–Trinajstić information content (AvgIpc) is 3.57. The Hall–Kier alpha value is -6.49. The van der Waals surface area contributed by atoms with Crippen LogP contribution < -0.4 is 63.0 Å². The van der Waals surface area contributed by atoms with Crippen molar-refractivity contribution in [2.75, 3.05) is 0 Å². The first kappa shape index (κ1) is 29.0. The van der Waals surface area contributed by atoms with Crippen molar-refractivity contribution in [2.45, 2.75) is 0 Å². The Bertz CT molecular complexity index is 3050. The molecule has 1 spiro atoms. The summed E-state index contributed by atoms with van der Waals surface area (Å²) in [5, 5.41) is 8.20. The highest BCUT2D eigenvalue weighted by atomic mass is 28.3. The highest BCUT2D eigenvalue weighted by Crippen LogP contribution is 2.38. The van der Waals surface area contributed by atoms with Gasteiger partial charge in [0.2, 0.25) is 0 Å². The van der Waals surface area contributed by atoms with Crippen molar-refractivity contribution < 1.29 is 9.47 Å². The average molecular weight is 701 g/mol. The molecule has 0 saturated carbocycles. The lowest BCUT2D eigenvalue weighted by Gasteiger charge is -2.49. The zero-order valence-electron chi connectivity index (χ0n) is 29.2. The number of fused-ring (bicyclic) bond motifs is 15. The number of nitrogens with zero attached hydrogens (tertiary/aromatic N) is 1. The topological polar surface area (TPSA) is 23.4 Å². The van der Waals surface area contributed by atoms with Gasteiger partial charge >= 0.3 is 0 Å². The summed E-state index contributed by atoms with van der Waals surface area (Å²) in [5.41, 5.74) is 11.2. The smallest absolute Gasteiger partial charge is 0.250 e. The van der Waals surface area contributed by atoms with E-state index in [9.17, 15) is 0 Å². The molecular weight excluding hydrogens is 672 g/mol. The number of hydrogen-bond donors (Lipinski definition) is 0. The van der Waals surface area contributed by atoms with Gasteiger partial charge in [0.05, 0.1) is 16.7 Å². The van der Waals surface area contributed by atoms with E-state index < -0.39 is 8.07 Å². The molecule has 13 rings (SSSR count). The van der Waals surface area contributed by atoms with Gasteiger partial charge in [0.25, 0.3) is 13.4 Å². The van der Waals surface area contributed by atoms with Crippen LogP contribution in [0.15, 0.2) is 176 Å². The molecule has 0 N–H and O–H groups in total. The third-order valence-electron chi connectivity index (χ3n) is 12.7. The Balaban J connectivity index is 1.21. The Kier molecular flexibility index (Phi) is 5.56. The van der Waals surface area contributed by atoms with Crippen molar-refractivity contribution in [1.29, 1.82) is 0 Å². The second kappa shape index (κ2) is 10.3. The molecule has 8 aromatic carbocycles. The molecule has 1 atom stereocenters. The quantitative estimate of drug-likeness (QED) is 0.242. The fourth-order valence-electron chi connectivity index (χ4n) is 10.8. The number of ether oxygens (including phenoxy) is 2. The molecule has 3 nitrogen and oxygen atoms in total. The summed E-state index contributed by atoms with van der Waals surface area (Å²) in [4.78, 5) is 0. The predicted molar refractivity (Wildman–Crippen MR) is 227 cm³/mol. The molecule has 0 fully saturated rings. The van der Waals surface area contributed by atoms with Crippen LogP contribution in [0.1, 0.15) is 0 Å². The van der Waals surface area contributed by atoms with E-state index in [1.54, 1.807) is 0 Å². The summed E-state index contributed by atoms with van der Waals surface area (Å²) >= 11 is 0. The van der Waals surface area contributed by atoms with Crippen LogP contribution in [0.5, 0.6) is 23.0 Å². The van der Waals surface area contributed by atoms with Crippen molar-refractivity contribution in [3.8, 4) is 28.7 Å². The van der Waals surface area contributed by atoms with Crippen LogP contribution in [-0.4, -0.2) is 26.1 Å². The lowest BCUT2D eigenvalue weighted by atomic mass is 9.35. The predicted octanol–water partition coefficient (Wildman–Crippen LogP) is 4.03. The normalized spacial score (nSPS) is 16.4. The monoisotopic (exact) mass is 701 g/mol. The third-order valence-corrected chi connectivity index (χ3v) is 17.7. The van der Waals surface area contributed by atoms with E-state index in [4.69, 9.17) is 9.47 Å². The lowest BCUT2D eigenvalue weighted by molar-refractivity contribution is 0.486. The second-order valence-electron chi connectivity index (χ2n) is 15.0. The molecule has 0 radical (unpaired) electrons. The number of benzene rings is 8. The molecule has 0 aliphatic carbocycles. The lowest BCUT2D eigenvalue weighted by Crippen LogP contribution is -2.93. The van der Waals surface area contributed by atoms with E-state index >= 15 is 0 Å². The van der Waals surface area contributed by atoms with Crippen LogP contribution in [0.25, 0.3) is 27.5 Å². The zero-order valence-corrected chi connectivity index (χ0v) is 30.2. The van der Waals surface area contributed by atoms with Crippen molar-refractivity contribution in [3.63, 3.8) is 0 Å². The number of para-hydroxylation sites is 4. The summed E-state index contributed by atoms with van der Waals surface area (Å²) in [7, 11) is -2.99.